The number of piperidine rings is 1. The number of ether oxygens (including phenoxy) is 1. The first-order valence-electron chi connectivity index (χ1n) is 7.64. The summed E-state index contributed by atoms with van der Waals surface area (Å²) < 4.78 is 5.39. The molecule has 18 heavy (non-hydrogen) atoms. The van der Waals surface area contributed by atoms with Crippen LogP contribution >= 0.6 is 0 Å². The molecule has 4 nitrogen and oxygen atoms in total. The highest BCUT2D eigenvalue weighted by atomic mass is 16.5. The highest BCUT2D eigenvalue weighted by Crippen LogP contribution is 2.08. The summed E-state index contributed by atoms with van der Waals surface area (Å²) in [6.07, 6.45) is 4.11. The number of hydrogen-bond donors (Lipinski definition) is 1. The van der Waals surface area contributed by atoms with Crippen molar-refractivity contribution in [1.82, 2.24) is 15.1 Å². The molecule has 2 rings (SSSR count). The second-order valence-electron chi connectivity index (χ2n) is 5.49. The summed E-state index contributed by atoms with van der Waals surface area (Å²) in [5.74, 6) is 0. The number of morpholine rings is 1. The Labute approximate surface area is 112 Å². The number of nitrogens with zero attached hydrogens (tertiary/aromatic N) is 2. The monoisotopic (exact) mass is 255 g/mol. The van der Waals surface area contributed by atoms with Gasteiger partial charge < -0.3 is 15.0 Å². The van der Waals surface area contributed by atoms with Crippen LogP contribution in [0.1, 0.15) is 26.2 Å². The summed E-state index contributed by atoms with van der Waals surface area (Å²) in [7, 11) is 0. The predicted octanol–water partition coefficient (Wildman–Crippen LogP) is 0.783. The molecule has 2 heterocycles. The SMILES string of the molecule is CCN(CCN1CCOCC1)CC1CCCCN1. The van der Waals surface area contributed by atoms with Gasteiger partial charge >= 0.3 is 0 Å². The van der Waals surface area contributed by atoms with E-state index in [2.05, 4.69) is 22.0 Å². The van der Waals surface area contributed by atoms with Crippen molar-refractivity contribution in [2.24, 2.45) is 0 Å². The van der Waals surface area contributed by atoms with Crippen LogP contribution in [0.2, 0.25) is 0 Å². The summed E-state index contributed by atoms with van der Waals surface area (Å²) in [6.45, 7) is 12.3. The van der Waals surface area contributed by atoms with Gasteiger partial charge in [-0.25, -0.2) is 0 Å². The maximum Gasteiger partial charge on any atom is 0.0594 e. The van der Waals surface area contributed by atoms with Gasteiger partial charge in [-0.1, -0.05) is 13.3 Å². The Bertz CT molecular complexity index is 213. The quantitative estimate of drug-likeness (QED) is 0.759. The van der Waals surface area contributed by atoms with Crippen LogP contribution in [0, 0.1) is 0 Å². The smallest absolute Gasteiger partial charge is 0.0594 e. The lowest BCUT2D eigenvalue weighted by Crippen LogP contribution is -2.46. The summed E-state index contributed by atoms with van der Waals surface area (Å²) in [5.41, 5.74) is 0. The minimum absolute atomic E-state index is 0.725. The van der Waals surface area contributed by atoms with Crippen LogP contribution in [0.25, 0.3) is 0 Å². The van der Waals surface area contributed by atoms with Gasteiger partial charge in [-0.15, -0.1) is 0 Å². The molecule has 1 atom stereocenters. The second kappa shape index (κ2) is 8.10. The van der Waals surface area contributed by atoms with Crippen molar-refractivity contribution in [3.05, 3.63) is 0 Å². The highest BCUT2D eigenvalue weighted by molar-refractivity contribution is 4.76. The fraction of sp³-hybridized carbons (Fsp3) is 1.00. The molecule has 2 fully saturated rings. The van der Waals surface area contributed by atoms with E-state index in [1.807, 2.05) is 0 Å². The van der Waals surface area contributed by atoms with E-state index < -0.39 is 0 Å². The molecule has 2 aliphatic rings. The Morgan fingerprint density at radius 2 is 2.11 bits per heavy atom. The first-order valence-corrected chi connectivity index (χ1v) is 7.64. The lowest BCUT2D eigenvalue weighted by atomic mass is 10.0. The van der Waals surface area contributed by atoms with E-state index in [-0.39, 0.29) is 0 Å². The Balaban J connectivity index is 1.64. The largest absolute Gasteiger partial charge is 0.379 e. The lowest BCUT2D eigenvalue weighted by molar-refractivity contribution is 0.0330. The van der Waals surface area contributed by atoms with Gasteiger partial charge in [0.1, 0.15) is 0 Å². The Morgan fingerprint density at radius 1 is 1.28 bits per heavy atom. The fourth-order valence-electron chi connectivity index (χ4n) is 2.88. The lowest BCUT2D eigenvalue weighted by Gasteiger charge is -2.32. The van der Waals surface area contributed by atoms with Crippen molar-refractivity contribution in [1.29, 1.82) is 0 Å². The standard InChI is InChI=1S/C14H29N3O/c1-2-16(13-14-5-3-4-6-15-14)7-8-17-9-11-18-12-10-17/h14-15H,2-13H2,1H3. The fourth-order valence-corrected chi connectivity index (χ4v) is 2.88. The van der Waals surface area contributed by atoms with Crippen LogP contribution < -0.4 is 5.32 Å². The molecule has 0 spiro atoms. The van der Waals surface area contributed by atoms with Crippen LogP contribution in [0.5, 0.6) is 0 Å². The van der Waals surface area contributed by atoms with E-state index in [1.165, 1.54) is 52.0 Å². The van der Waals surface area contributed by atoms with E-state index in [0.717, 1.165) is 32.3 Å². The number of nitrogens with one attached hydrogen (secondary N) is 1. The van der Waals surface area contributed by atoms with Crippen LogP contribution in [-0.2, 0) is 4.74 Å². The van der Waals surface area contributed by atoms with E-state index in [0.29, 0.717) is 0 Å². The Hall–Kier alpha value is -0.160. The van der Waals surface area contributed by atoms with E-state index in [1.54, 1.807) is 0 Å². The van der Waals surface area contributed by atoms with E-state index in [4.69, 9.17) is 4.74 Å². The number of rotatable bonds is 6. The molecule has 0 aliphatic carbocycles. The third-order valence-corrected chi connectivity index (χ3v) is 4.17. The molecule has 1 N–H and O–H groups in total. The average Bonchev–Trinajstić information content (AvgIpc) is 2.45. The molecule has 0 radical (unpaired) electrons. The third kappa shape index (κ3) is 4.84. The van der Waals surface area contributed by atoms with Crippen molar-refractivity contribution >= 4 is 0 Å². The van der Waals surface area contributed by atoms with E-state index >= 15 is 0 Å². The Morgan fingerprint density at radius 3 is 2.78 bits per heavy atom. The van der Waals surface area contributed by atoms with Crippen LogP contribution in [-0.4, -0.2) is 74.9 Å². The first kappa shape index (κ1) is 14.3. The van der Waals surface area contributed by atoms with Crippen molar-refractivity contribution in [2.45, 2.75) is 32.2 Å². The molecule has 2 aliphatic heterocycles. The van der Waals surface area contributed by atoms with Crippen molar-refractivity contribution < 1.29 is 4.74 Å². The number of hydrogen-bond acceptors (Lipinski definition) is 4. The van der Waals surface area contributed by atoms with Gasteiger partial charge in [-0.05, 0) is 25.9 Å². The van der Waals surface area contributed by atoms with Crippen LogP contribution in [0.4, 0.5) is 0 Å². The highest BCUT2D eigenvalue weighted by Gasteiger charge is 2.17. The summed E-state index contributed by atoms with van der Waals surface area (Å²) in [5, 5.41) is 3.65. The van der Waals surface area contributed by atoms with Crippen LogP contribution in [0.3, 0.4) is 0 Å². The maximum absolute atomic E-state index is 5.39. The molecule has 106 valence electrons. The van der Waals surface area contributed by atoms with Gasteiger partial charge in [0.2, 0.25) is 0 Å². The van der Waals surface area contributed by atoms with Gasteiger partial charge in [-0.2, -0.15) is 0 Å². The van der Waals surface area contributed by atoms with E-state index in [9.17, 15) is 0 Å². The summed E-state index contributed by atoms with van der Waals surface area (Å²) in [6, 6.07) is 0.725. The number of likely N-dealkylation sites (N-methyl/N-ethyl adjacent to an activating group) is 1. The van der Waals surface area contributed by atoms with Gasteiger partial charge in [0.05, 0.1) is 13.2 Å². The van der Waals surface area contributed by atoms with Crippen molar-refractivity contribution in [2.75, 3.05) is 59.0 Å². The molecular formula is C14H29N3O. The van der Waals surface area contributed by atoms with Gasteiger partial charge in [0.25, 0.3) is 0 Å². The molecule has 0 aromatic rings. The van der Waals surface area contributed by atoms with Crippen molar-refractivity contribution in [3.8, 4) is 0 Å². The zero-order valence-corrected chi connectivity index (χ0v) is 11.9. The zero-order chi connectivity index (χ0) is 12.6. The normalized spacial score (nSPS) is 26.7. The molecule has 2 saturated heterocycles. The zero-order valence-electron chi connectivity index (χ0n) is 11.9. The molecule has 0 bridgehead atoms. The molecular weight excluding hydrogens is 226 g/mol. The molecule has 0 aromatic carbocycles. The molecule has 0 aromatic heterocycles. The minimum Gasteiger partial charge on any atom is -0.379 e. The first-order chi connectivity index (χ1) is 8.88. The minimum atomic E-state index is 0.725. The molecule has 1 unspecified atom stereocenters. The average molecular weight is 255 g/mol. The van der Waals surface area contributed by atoms with Crippen LogP contribution in [0.15, 0.2) is 0 Å². The van der Waals surface area contributed by atoms with Gasteiger partial charge in [0, 0.05) is 38.8 Å². The Kier molecular flexibility index (Phi) is 6.41. The maximum atomic E-state index is 5.39. The molecule has 0 amide bonds. The summed E-state index contributed by atoms with van der Waals surface area (Å²) in [4.78, 5) is 5.12. The van der Waals surface area contributed by atoms with Crippen molar-refractivity contribution in [3.63, 3.8) is 0 Å². The topological polar surface area (TPSA) is 27.7 Å². The third-order valence-electron chi connectivity index (χ3n) is 4.17. The molecule has 0 saturated carbocycles. The molecule has 4 heteroatoms. The van der Waals surface area contributed by atoms with Gasteiger partial charge in [0.15, 0.2) is 0 Å². The van der Waals surface area contributed by atoms with Gasteiger partial charge in [-0.3, -0.25) is 4.90 Å². The second-order valence-corrected chi connectivity index (χ2v) is 5.49. The summed E-state index contributed by atoms with van der Waals surface area (Å²) >= 11 is 0. The predicted molar refractivity (Wildman–Crippen MR) is 75.0 cm³/mol.